The minimum absolute atomic E-state index is 0.0754. The van der Waals surface area contributed by atoms with Gasteiger partial charge in [0, 0.05) is 11.8 Å². The van der Waals surface area contributed by atoms with Gasteiger partial charge in [0.25, 0.3) is 0 Å². The molecule has 0 radical (unpaired) electrons. The number of carbonyl (C=O) groups excluding carboxylic acids is 2. The van der Waals surface area contributed by atoms with Crippen molar-refractivity contribution in [2.24, 2.45) is 0 Å². The van der Waals surface area contributed by atoms with Gasteiger partial charge in [-0.2, -0.15) is 0 Å². The zero-order chi connectivity index (χ0) is 12.8. The van der Waals surface area contributed by atoms with Gasteiger partial charge in [0.2, 0.25) is 0 Å². The van der Waals surface area contributed by atoms with Crippen molar-refractivity contribution in [3.8, 4) is 0 Å². The number of ketones is 1. The van der Waals surface area contributed by atoms with E-state index in [9.17, 15) is 9.59 Å². The van der Waals surface area contributed by atoms with Crippen LogP contribution in [0.3, 0.4) is 0 Å². The molecule has 0 amide bonds. The molecule has 0 aromatic heterocycles. The molecular formula is C13H15BrO3. The largest absolute Gasteiger partial charge is 0.462 e. The maximum Gasteiger partial charge on any atom is 0.338 e. The lowest BCUT2D eigenvalue weighted by atomic mass is 10.0. The molecule has 0 aliphatic carbocycles. The van der Waals surface area contributed by atoms with Crippen molar-refractivity contribution >= 4 is 27.7 Å². The minimum Gasteiger partial charge on any atom is -0.462 e. The summed E-state index contributed by atoms with van der Waals surface area (Å²) < 4.78 is 4.99. The number of benzene rings is 1. The smallest absolute Gasteiger partial charge is 0.338 e. The van der Waals surface area contributed by atoms with E-state index in [4.69, 9.17) is 4.74 Å². The van der Waals surface area contributed by atoms with Crippen molar-refractivity contribution in [3.05, 3.63) is 34.9 Å². The summed E-state index contributed by atoms with van der Waals surface area (Å²) in [4.78, 5) is 22.8. The van der Waals surface area contributed by atoms with Crippen molar-refractivity contribution in [3.63, 3.8) is 0 Å². The van der Waals surface area contributed by atoms with Crippen LogP contribution in [0.4, 0.5) is 0 Å². The monoisotopic (exact) mass is 298 g/mol. The molecule has 0 bridgehead atoms. The standard InChI is InChI=1S/C13H15BrO3/c1-3-17-13(16)12-7-10(6-9(2)15)4-5-11(12)8-14/h4-5,7H,3,6,8H2,1-2H3. The van der Waals surface area contributed by atoms with Gasteiger partial charge in [-0.05, 0) is 31.0 Å². The van der Waals surface area contributed by atoms with E-state index >= 15 is 0 Å². The molecule has 4 heteroatoms. The third kappa shape index (κ3) is 3.97. The molecular weight excluding hydrogens is 284 g/mol. The molecule has 0 saturated carbocycles. The van der Waals surface area contributed by atoms with Gasteiger partial charge in [0.1, 0.15) is 5.78 Å². The third-order valence-corrected chi connectivity index (χ3v) is 2.87. The highest BCUT2D eigenvalue weighted by Crippen LogP contribution is 2.17. The molecule has 0 heterocycles. The average Bonchev–Trinajstić information content (AvgIpc) is 2.28. The molecule has 1 aromatic carbocycles. The van der Waals surface area contributed by atoms with E-state index in [-0.39, 0.29) is 11.8 Å². The van der Waals surface area contributed by atoms with E-state index in [1.165, 1.54) is 6.92 Å². The maximum atomic E-state index is 11.7. The summed E-state index contributed by atoms with van der Waals surface area (Å²) in [5, 5.41) is 0.585. The fraction of sp³-hybridized carbons (Fsp3) is 0.385. The summed E-state index contributed by atoms with van der Waals surface area (Å²) in [7, 11) is 0. The predicted octanol–water partition coefficient (Wildman–Crippen LogP) is 2.89. The Hall–Kier alpha value is -1.16. The number of rotatable bonds is 5. The fourth-order valence-electron chi connectivity index (χ4n) is 1.54. The molecule has 1 aromatic rings. The van der Waals surface area contributed by atoms with Crippen LogP contribution in [-0.2, 0) is 21.3 Å². The van der Waals surface area contributed by atoms with Crippen LogP contribution in [0.2, 0.25) is 0 Å². The quantitative estimate of drug-likeness (QED) is 0.620. The third-order valence-electron chi connectivity index (χ3n) is 2.27. The molecule has 0 N–H and O–H groups in total. The Labute approximate surface area is 109 Å². The van der Waals surface area contributed by atoms with Crippen LogP contribution in [0.5, 0.6) is 0 Å². The van der Waals surface area contributed by atoms with Crippen LogP contribution in [-0.4, -0.2) is 18.4 Å². The Kier molecular flexibility index (Phi) is 5.35. The summed E-state index contributed by atoms with van der Waals surface area (Å²) in [5.74, 6) is -0.265. The molecule has 0 aliphatic rings. The second-order valence-electron chi connectivity index (χ2n) is 3.72. The van der Waals surface area contributed by atoms with Crippen molar-refractivity contribution in [1.82, 2.24) is 0 Å². The van der Waals surface area contributed by atoms with E-state index in [0.717, 1.165) is 11.1 Å². The van der Waals surface area contributed by atoms with Crippen LogP contribution in [0.25, 0.3) is 0 Å². The Balaban J connectivity index is 3.05. The van der Waals surface area contributed by atoms with Crippen LogP contribution in [0, 0.1) is 0 Å². The molecule has 0 spiro atoms. The lowest BCUT2D eigenvalue weighted by molar-refractivity contribution is -0.116. The fourth-order valence-corrected chi connectivity index (χ4v) is 2.03. The summed E-state index contributed by atoms with van der Waals surface area (Å²) >= 11 is 3.33. The molecule has 0 unspecified atom stereocenters. The van der Waals surface area contributed by atoms with Crippen molar-refractivity contribution in [2.45, 2.75) is 25.6 Å². The van der Waals surface area contributed by atoms with Gasteiger partial charge in [-0.3, -0.25) is 4.79 Å². The van der Waals surface area contributed by atoms with Gasteiger partial charge in [-0.1, -0.05) is 28.1 Å². The van der Waals surface area contributed by atoms with Gasteiger partial charge < -0.3 is 4.74 Å². The topological polar surface area (TPSA) is 43.4 Å². The second-order valence-corrected chi connectivity index (χ2v) is 4.29. The molecule has 0 saturated heterocycles. The van der Waals surface area contributed by atoms with Crippen LogP contribution >= 0.6 is 15.9 Å². The number of hydrogen-bond donors (Lipinski definition) is 0. The highest BCUT2D eigenvalue weighted by atomic mass is 79.9. The molecule has 0 atom stereocenters. The Morgan fingerprint density at radius 1 is 1.35 bits per heavy atom. The number of halogens is 1. The summed E-state index contributed by atoms with van der Waals surface area (Å²) in [6.07, 6.45) is 0.342. The van der Waals surface area contributed by atoms with Crippen LogP contribution < -0.4 is 0 Å². The number of Topliss-reactive ketones (excluding diaryl/α,β-unsaturated/α-hetero) is 1. The lowest BCUT2D eigenvalue weighted by Gasteiger charge is -2.08. The summed E-state index contributed by atoms with van der Waals surface area (Å²) in [6, 6.07) is 5.44. The van der Waals surface area contributed by atoms with Crippen molar-refractivity contribution < 1.29 is 14.3 Å². The SMILES string of the molecule is CCOC(=O)c1cc(CC(C)=O)ccc1CBr. The molecule has 0 fully saturated rings. The molecule has 17 heavy (non-hydrogen) atoms. The Bertz CT molecular complexity index is 427. The number of ether oxygens (including phenoxy) is 1. The van der Waals surface area contributed by atoms with E-state index in [2.05, 4.69) is 15.9 Å². The molecule has 0 aliphatic heterocycles. The normalized spacial score (nSPS) is 10.1. The lowest BCUT2D eigenvalue weighted by Crippen LogP contribution is -2.09. The first-order chi connectivity index (χ1) is 8.08. The molecule has 1 rings (SSSR count). The summed E-state index contributed by atoms with van der Waals surface area (Å²) in [6.45, 7) is 3.64. The number of carbonyl (C=O) groups is 2. The van der Waals surface area contributed by atoms with Gasteiger partial charge in [-0.25, -0.2) is 4.79 Å². The highest BCUT2D eigenvalue weighted by Gasteiger charge is 2.13. The van der Waals surface area contributed by atoms with Crippen molar-refractivity contribution in [1.29, 1.82) is 0 Å². The Morgan fingerprint density at radius 2 is 2.06 bits per heavy atom. The first-order valence-electron chi connectivity index (χ1n) is 5.42. The van der Waals surface area contributed by atoms with Crippen LogP contribution in [0.15, 0.2) is 18.2 Å². The van der Waals surface area contributed by atoms with Gasteiger partial charge >= 0.3 is 5.97 Å². The highest BCUT2D eigenvalue weighted by molar-refractivity contribution is 9.08. The average molecular weight is 299 g/mol. The zero-order valence-corrected chi connectivity index (χ0v) is 11.5. The first-order valence-corrected chi connectivity index (χ1v) is 6.55. The van der Waals surface area contributed by atoms with Crippen LogP contribution in [0.1, 0.15) is 35.3 Å². The molecule has 3 nitrogen and oxygen atoms in total. The van der Waals surface area contributed by atoms with E-state index in [0.29, 0.717) is 23.9 Å². The predicted molar refractivity (Wildman–Crippen MR) is 69.4 cm³/mol. The minimum atomic E-state index is -0.340. The van der Waals surface area contributed by atoms with E-state index in [1.807, 2.05) is 12.1 Å². The second kappa shape index (κ2) is 6.55. The van der Waals surface area contributed by atoms with Gasteiger partial charge in [0.05, 0.1) is 12.2 Å². The van der Waals surface area contributed by atoms with E-state index < -0.39 is 0 Å². The molecule has 92 valence electrons. The zero-order valence-electron chi connectivity index (χ0n) is 9.96. The first kappa shape index (κ1) is 13.9. The number of esters is 1. The Morgan fingerprint density at radius 3 is 2.59 bits per heavy atom. The van der Waals surface area contributed by atoms with Crippen molar-refractivity contribution in [2.75, 3.05) is 6.61 Å². The number of hydrogen-bond acceptors (Lipinski definition) is 3. The maximum absolute atomic E-state index is 11.7. The van der Waals surface area contributed by atoms with Gasteiger partial charge in [-0.15, -0.1) is 0 Å². The van der Waals surface area contributed by atoms with E-state index in [1.54, 1.807) is 13.0 Å². The number of alkyl halides is 1. The summed E-state index contributed by atoms with van der Waals surface area (Å²) in [5.41, 5.74) is 2.24. The van der Waals surface area contributed by atoms with Gasteiger partial charge in [0.15, 0.2) is 0 Å².